The lowest BCUT2D eigenvalue weighted by Gasteiger charge is -2.45. The van der Waals surface area contributed by atoms with Crippen LogP contribution in [0.2, 0.25) is 0 Å². The number of nitrogens with two attached hydrogens (primary N) is 1. The average molecular weight is 365 g/mol. The van der Waals surface area contributed by atoms with E-state index in [4.69, 9.17) is 10.5 Å². The van der Waals surface area contributed by atoms with Crippen molar-refractivity contribution in [3.05, 3.63) is 59.9 Å². The van der Waals surface area contributed by atoms with Crippen molar-refractivity contribution < 1.29 is 9.53 Å². The quantitative estimate of drug-likeness (QED) is 0.852. The highest BCUT2D eigenvalue weighted by Crippen LogP contribution is 2.39. The number of benzene rings is 1. The second-order valence-electron chi connectivity index (χ2n) is 7.86. The van der Waals surface area contributed by atoms with Crippen molar-refractivity contribution in [2.75, 3.05) is 0 Å². The van der Waals surface area contributed by atoms with E-state index in [0.29, 0.717) is 29.8 Å². The highest BCUT2D eigenvalue weighted by atomic mass is 16.5. The molecule has 2 saturated carbocycles. The van der Waals surface area contributed by atoms with Gasteiger partial charge in [0.25, 0.3) is 5.91 Å². The number of hydrogen-bond donors (Lipinski definition) is 2. The smallest absolute Gasteiger partial charge is 0.251 e. The van der Waals surface area contributed by atoms with Gasteiger partial charge in [-0.2, -0.15) is 0 Å². The van der Waals surface area contributed by atoms with Crippen LogP contribution in [0.15, 0.2) is 48.8 Å². The van der Waals surface area contributed by atoms with E-state index in [1.807, 2.05) is 36.4 Å². The molecule has 0 aliphatic heterocycles. The molecule has 2 atom stereocenters. The zero-order valence-electron chi connectivity index (χ0n) is 15.5. The van der Waals surface area contributed by atoms with Crippen LogP contribution in [0.4, 0.5) is 0 Å². The standard InChI is InChI=1S/C22H27N3O2/c23-19-10-16-5-1-6-17(11-19)21(16)25-22(26)18-7-2-8-20(12-18)27-14-15-4-3-9-24-13-15/h2-4,7-9,12-13,16-17,19,21H,1,5-6,10-11,14,23H2,(H,25,26). The number of carbonyl (C=O) groups excluding carboxylic acids is 1. The van der Waals surface area contributed by atoms with Gasteiger partial charge in [-0.25, -0.2) is 0 Å². The molecule has 5 heteroatoms. The number of nitrogens with one attached hydrogen (secondary N) is 1. The van der Waals surface area contributed by atoms with Crippen LogP contribution in [0, 0.1) is 11.8 Å². The highest BCUT2D eigenvalue weighted by Gasteiger charge is 2.39. The Hall–Kier alpha value is -2.40. The fourth-order valence-electron chi connectivity index (χ4n) is 4.64. The molecule has 2 aliphatic rings. The normalized spacial score (nSPS) is 27.0. The maximum atomic E-state index is 12.8. The van der Waals surface area contributed by atoms with Crippen molar-refractivity contribution in [1.82, 2.24) is 10.3 Å². The largest absolute Gasteiger partial charge is 0.489 e. The van der Waals surface area contributed by atoms with Crippen molar-refractivity contribution in [3.63, 3.8) is 0 Å². The monoisotopic (exact) mass is 365 g/mol. The molecule has 0 radical (unpaired) electrons. The maximum Gasteiger partial charge on any atom is 0.251 e. The summed E-state index contributed by atoms with van der Waals surface area (Å²) in [5.74, 6) is 1.71. The molecule has 2 bridgehead atoms. The van der Waals surface area contributed by atoms with Crippen molar-refractivity contribution in [1.29, 1.82) is 0 Å². The Morgan fingerprint density at radius 3 is 2.74 bits per heavy atom. The molecule has 27 heavy (non-hydrogen) atoms. The highest BCUT2D eigenvalue weighted by molar-refractivity contribution is 5.94. The number of ether oxygens (including phenoxy) is 1. The van der Waals surface area contributed by atoms with E-state index in [9.17, 15) is 4.79 Å². The van der Waals surface area contributed by atoms with Crippen LogP contribution in [0.1, 0.15) is 48.0 Å². The average Bonchev–Trinajstić information content (AvgIpc) is 2.68. The predicted molar refractivity (Wildman–Crippen MR) is 104 cm³/mol. The van der Waals surface area contributed by atoms with Gasteiger partial charge in [0, 0.05) is 35.6 Å². The third kappa shape index (κ3) is 4.30. The first-order valence-electron chi connectivity index (χ1n) is 9.87. The number of pyridine rings is 1. The molecule has 142 valence electrons. The van der Waals surface area contributed by atoms with E-state index in [0.717, 1.165) is 18.4 Å². The van der Waals surface area contributed by atoms with Gasteiger partial charge in [0.1, 0.15) is 12.4 Å². The molecule has 1 amide bonds. The minimum atomic E-state index is -0.0146. The van der Waals surface area contributed by atoms with E-state index in [-0.39, 0.29) is 18.0 Å². The molecule has 0 spiro atoms. The Labute approximate surface area is 160 Å². The molecule has 1 aromatic carbocycles. The summed E-state index contributed by atoms with van der Waals surface area (Å²) >= 11 is 0. The summed E-state index contributed by atoms with van der Waals surface area (Å²) in [6.45, 7) is 0.434. The van der Waals surface area contributed by atoms with Gasteiger partial charge in [0.05, 0.1) is 0 Å². The van der Waals surface area contributed by atoms with Crippen LogP contribution in [-0.2, 0) is 6.61 Å². The lowest BCUT2D eigenvalue weighted by atomic mass is 9.67. The molecule has 2 unspecified atom stereocenters. The van der Waals surface area contributed by atoms with E-state index in [2.05, 4.69) is 10.3 Å². The van der Waals surface area contributed by atoms with E-state index in [1.165, 1.54) is 19.3 Å². The van der Waals surface area contributed by atoms with E-state index < -0.39 is 0 Å². The molecular weight excluding hydrogens is 338 g/mol. The SMILES string of the molecule is NC1CC2CCCC(C1)C2NC(=O)c1cccc(OCc2cccnc2)c1. The van der Waals surface area contributed by atoms with Crippen molar-refractivity contribution in [2.24, 2.45) is 17.6 Å². The predicted octanol–water partition coefficient (Wildman–Crippen LogP) is 3.30. The molecule has 0 saturated heterocycles. The number of fused-ring (bicyclic) bond motifs is 2. The molecule has 2 fully saturated rings. The van der Waals surface area contributed by atoms with Crippen LogP contribution in [0.3, 0.4) is 0 Å². The minimum Gasteiger partial charge on any atom is -0.489 e. The zero-order valence-corrected chi connectivity index (χ0v) is 15.5. The first-order chi connectivity index (χ1) is 13.2. The molecule has 2 aliphatic carbocycles. The lowest BCUT2D eigenvalue weighted by molar-refractivity contribution is 0.0755. The van der Waals surface area contributed by atoms with Gasteiger partial charge in [-0.1, -0.05) is 18.6 Å². The van der Waals surface area contributed by atoms with Crippen LogP contribution >= 0.6 is 0 Å². The summed E-state index contributed by atoms with van der Waals surface area (Å²) in [5, 5.41) is 3.30. The number of aromatic nitrogens is 1. The van der Waals surface area contributed by atoms with Gasteiger partial charge in [-0.3, -0.25) is 9.78 Å². The fourth-order valence-corrected chi connectivity index (χ4v) is 4.64. The van der Waals surface area contributed by atoms with Crippen LogP contribution in [0.5, 0.6) is 5.75 Å². The third-order valence-corrected chi connectivity index (χ3v) is 5.90. The Morgan fingerprint density at radius 1 is 1.19 bits per heavy atom. The third-order valence-electron chi connectivity index (χ3n) is 5.90. The Bertz CT molecular complexity index is 766. The number of rotatable bonds is 5. The molecule has 5 nitrogen and oxygen atoms in total. The number of carbonyl (C=O) groups is 1. The number of nitrogens with zero attached hydrogens (tertiary/aromatic N) is 1. The summed E-state index contributed by atoms with van der Waals surface area (Å²) in [5.41, 5.74) is 7.84. The van der Waals surface area contributed by atoms with Gasteiger partial charge >= 0.3 is 0 Å². The summed E-state index contributed by atoms with van der Waals surface area (Å²) in [6, 6.07) is 11.8. The Balaban J connectivity index is 1.40. The maximum absolute atomic E-state index is 12.8. The van der Waals surface area contributed by atoms with E-state index in [1.54, 1.807) is 12.4 Å². The fraction of sp³-hybridized carbons (Fsp3) is 0.455. The molecule has 1 aromatic heterocycles. The molecule has 3 N–H and O–H groups in total. The summed E-state index contributed by atoms with van der Waals surface area (Å²) in [6.07, 6.45) is 9.16. The second-order valence-corrected chi connectivity index (χ2v) is 7.86. The number of hydrogen-bond acceptors (Lipinski definition) is 4. The second kappa shape index (κ2) is 8.09. The van der Waals surface area contributed by atoms with Gasteiger partial charge in [0.15, 0.2) is 0 Å². The first-order valence-corrected chi connectivity index (χ1v) is 9.87. The van der Waals surface area contributed by atoms with Crippen molar-refractivity contribution in [2.45, 2.75) is 50.8 Å². The van der Waals surface area contributed by atoms with Gasteiger partial charge < -0.3 is 15.8 Å². The Morgan fingerprint density at radius 2 is 2.00 bits per heavy atom. The van der Waals surface area contributed by atoms with Crippen molar-refractivity contribution >= 4 is 5.91 Å². The zero-order chi connectivity index (χ0) is 18.6. The Kier molecular flexibility index (Phi) is 5.39. The lowest BCUT2D eigenvalue weighted by Crippen LogP contribution is -2.53. The van der Waals surface area contributed by atoms with Crippen molar-refractivity contribution in [3.8, 4) is 5.75 Å². The number of amides is 1. The first kappa shape index (κ1) is 18.0. The summed E-state index contributed by atoms with van der Waals surface area (Å²) in [4.78, 5) is 16.9. The summed E-state index contributed by atoms with van der Waals surface area (Å²) < 4.78 is 5.82. The minimum absolute atomic E-state index is 0.0146. The molecular formula is C22H27N3O2. The summed E-state index contributed by atoms with van der Waals surface area (Å²) in [7, 11) is 0. The van der Waals surface area contributed by atoms with Crippen LogP contribution < -0.4 is 15.8 Å². The van der Waals surface area contributed by atoms with Crippen LogP contribution in [0.25, 0.3) is 0 Å². The van der Waals surface area contributed by atoms with Gasteiger partial charge in [0.2, 0.25) is 0 Å². The van der Waals surface area contributed by atoms with Crippen LogP contribution in [-0.4, -0.2) is 23.0 Å². The van der Waals surface area contributed by atoms with Gasteiger partial charge in [-0.05, 0) is 61.8 Å². The van der Waals surface area contributed by atoms with Gasteiger partial charge in [-0.15, -0.1) is 0 Å². The molecule has 1 heterocycles. The molecule has 2 aromatic rings. The van der Waals surface area contributed by atoms with E-state index >= 15 is 0 Å². The molecule has 4 rings (SSSR count). The topological polar surface area (TPSA) is 77.2 Å².